The van der Waals surface area contributed by atoms with E-state index in [1.54, 1.807) is 0 Å². The molecule has 1 aliphatic heterocycles. The summed E-state index contributed by atoms with van der Waals surface area (Å²) in [4.78, 5) is 4.90. The third-order valence-electron chi connectivity index (χ3n) is 10.3. The summed E-state index contributed by atoms with van der Waals surface area (Å²) >= 11 is 0. The zero-order valence-corrected chi connectivity index (χ0v) is 29.2. The van der Waals surface area contributed by atoms with Crippen LogP contribution in [0, 0.1) is 0 Å². The smallest absolute Gasteiger partial charge is 0.117 e. The Labute approximate surface area is 269 Å². The Morgan fingerprint density at radius 2 is 1.13 bits per heavy atom. The van der Waals surface area contributed by atoms with Crippen LogP contribution < -0.4 is 0 Å². The van der Waals surface area contributed by atoms with Crippen LogP contribution in [-0.2, 0) is 27.1 Å². The first-order valence-electron chi connectivity index (χ1n) is 16.5. The Balaban J connectivity index is 1.83. The maximum Gasteiger partial charge on any atom is 0.117 e. The van der Waals surface area contributed by atoms with Gasteiger partial charge in [0, 0.05) is 6.07 Å². The number of para-hydroxylation sites is 1. The second kappa shape index (κ2) is 8.90. The fourth-order valence-electron chi connectivity index (χ4n) is 7.96. The lowest BCUT2D eigenvalue weighted by molar-refractivity contribution is 0.474. The molecule has 2 aliphatic rings. The highest BCUT2D eigenvalue weighted by Crippen LogP contribution is 2.64. The minimum absolute atomic E-state index is 0.0195. The van der Waals surface area contributed by atoms with Crippen molar-refractivity contribution in [1.29, 1.82) is 0 Å². The molecule has 4 aromatic carbocycles. The average Bonchev–Trinajstić information content (AvgIpc) is 3.48. The van der Waals surface area contributed by atoms with Gasteiger partial charge in [0.25, 0.3) is 0 Å². The second-order valence-corrected chi connectivity index (χ2v) is 17.6. The fourth-order valence-corrected chi connectivity index (χ4v) is 7.96. The molecule has 0 radical (unpaired) electrons. The average molecular weight is 597 g/mol. The van der Waals surface area contributed by atoms with Crippen molar-refractivity contribution < 1.29 is 5.11 Å². The molecule has 0 amide bonds. The van der Waals surface area contributed by atoms with E-state index >= 15 is 0 Å². The second-order valence-electron chi connectivity index (χ2n) is 17.6. The van der Waals surface area contributed by atoms with Crippen LogP contribution in [-0.4, -0.2) is 14.7 Å². The van der Waals surface area contributed by atoms with Crippen molar-refractivity contribution in [1.82, 2.24) is 9.55 Å². The van der Waals surface area contributed by atoms with E-state index in [-0.39, 0.29) is 27.4 Å². The van der Waals surface area contributed by atoms with E-state index in [4.69, 9.17) is 4.98 Å². The van der Waals surface area contributed by atoms with Gasteiger partial charge in [-0.2, -0.15) is 0 Å². The summed E-state index contributed by atoms with van der Waals surface area (Å²) in [5, 5.41) is 10.9. The van der Waals surface area contributed by atoms with E-state index in [0.717, 1.165) is 16.7 Å². The topological polar surface area (TPSA) is 38.0 Å². The van der Waals surface area contributed by atoms with Crippen LogP contribution in [0.15, 0.2) is 67.0 Å². The molecule has 0 unspecified atom stereocenters. The summed E-state index contributed by atoms with van der Waals surface area (Å²) in [5.41, 5.74) is 15.6. The summed E-state index contributed by atoms with van der Waals surface area (Å²) in [6.07, 6.45) is 1.93. The molecule has 5 aromatic rings. The van der Waals surface area contributed by atoms with Crippen molar-refractivity contribution in [3.8, 4) is 22.6 Å². The molecule has 7 rings (SSSR count). The van der Waals surface area contributed by atoms with E-state index < -0.39 is 5.41 Å². The number of hydrogen-bond donors (Lipinski definition) is 1. The highest BCUT2D eigenvalue weighted by atomic mass is 16.3. The molecule has 0 atom stereocenters. The first-order valence-corrected chi connectivity index (χ1v) is 16.5. The summed E-state index contributed by atoms with van der Waals surface area (Å²) < 4.78 is 2.20. The molecule has 45 heavy (non-hydrogen) atoms. The van der Waals surface area contributed by atoms with Gasteiger partial charge in [-0.1, -0.05) is 126 Å². The van der Waals surface area contributed by atoms with Gasteiger partial charge in [-0.15, -0.1) is 0 Å². The highest BCUT2D eigenvalue weighted by Gasteiger charge is 2.55. The van der Waals surface area contributed by atoms with Gasteiger partial charge in [-0.25, -0.2) is 4.98 Å². The Bertz CT molecular complexity index is 1960. The predicted octanol–water partition coefficient (Wildman–Crippen LogP) is 10.6. The van der Waals surface area contributed by atoms with Crippen LogP contribution >= 0.6 is 0 Å². The molecule has 3 heteroatoms. The van der Waals surface area contributed by atoms with Crippen molar-refractivity contribution in [3.63, 3.8) is 0 Å². The van der Waals surface area contributed by atoms with E-state index in [0.29, 0.717) is 0 Å². The standard InChI is InChI=1S/C42H48N2O/c1-38(2,3)24-18-27-28-19-25(39(4,5)6)21-32(41(10,11)12)36(28)42(35(27)31(20-24)40(7,8)9)29-17-16-26(45)22-34(29)44-23-43-33-15-13-14-30(42)37(33)44/h13-23,45H,1-12H3. The van der Waals surface area contributed by atoms with Gasteiger partial charge in [-0.3, -0.25) is 4.57 Å². The molecule has 2 heterocycles. The largest absolute Gasteiger partial charge is 0.508 e. The predicted molar refractivity (Wildman–Crippen MR) is 188 cm³/mol. The summed E-state index contributed by atoms with van der Waals surface area (Å²) in [7, 11) is 0. The van der Waals surface area contributed by atoms with Crippen LogP contribution in [0.1, 0.15) is 128 Å². The number of phenols is 1. The molecule has 0 fully saturated rings. The SMILES string of the molecule is CC(C)(C)c1cc2c(c(C(C)(C)C)c1)C1(c3ccc(O)cc3-n3cnc4cccc1c43)c1c-2cc(C(C)(C)C)cc1C(C)(C)C. The van der Waals surface area contributed by atoms with E-state index in [1.807, 2.05) is 18.5 Å². The lowest BCUT2D eigenvalue weighted by atomic mass is 9.60. The van der Waals surface area contributed by atoms with Crippen molar-refractivity contribution in [3.05, 3.63) is 111 Å². The molecule has 1 N–H and O–H groups in total. The normalized spacial score (nSPS) is 15.4. The van der Waals surface area contributed by atoms with Crippen molar-refractivity contribution in [2.24, 2.45) is 0 Å². The van der Waals surface area contributed by atoms with Gasteiger partial charge < -0.3 is 5.11 Å². The van der Waals surface area contributed by atoms with E-state index in [9.17, 15) is 5.11 Å². The first-order chi connectivity index (χ1) is 20.8. The van der Waals surface area contributed by atoms with Crippen molar-refractivity contribution >= 4 is 11.0 Å². The van der Waals surface area contributed by atoms with Crippen LogP contribution in [0.3, 0.4) is 0 Å². The Hall–Kier alpha value is -3.85. The molecule has 0 saturated heterocycles. The Morgan fingerprint density at radius 3 is 1.62 bits per heavy atom. The maximum atomic E-state index is 10.9. The molecule has 3 nitrogen and oxygen atoms in total. The molecule has 0 bridgehead atoms. The van der Waals surface area contributed by atoms with Gasteiger partial charge in [-0.05, 0) is 89.4 Å². The first kappa shape index (κ1) is 29.8. The summed E-state index contributed by atoms with van der Waals surface area (Å²) in [6, 6.07) is 22.6. The van der Waals surface area contributed by atoms with Gasteiger partial charge in [0.15, 0.2) is 0 Å². The fraction of sp³-hybridized carbons (Fsp3) is 0.405. The van der Waals surface area contributed by atoms with Crippen LogP contribution in [0.4, 0.5) is 0 Å². The third kappa shape index (κ3) is 4.05. The number of fused-ring (bicyclic) bond motifs is 9. The summed E-state index contributed by atoms with van der Waals surface area (Å²) in [6.45, 7) is 28.2. The zero-order chi connectivity index (χ0) is 32.6. The number of rotatable bonds is 0. The highest BCUT2D eigenvalue weighted by molar-refractivity contribution is 5.97. The third-order valence-corrected chi connectivity index (χ3v) is 10.3. The van der Waals surface area contributed by atoms with Gasteiger partial charge in [0.05, 0.1) is 22.1 Å². The van der Waals surface area contributed by atoms with Crippen LogP contribution in [0.25, 0.3) is 27.8 Å². The van der Waals surface area contributed by atoms with Crippen molar-refractivity contribution in [2.75, 3.05) is 0 Å². The zero-order valence-electron chi connectivity index (χ0n) is 29.2. The Morgan fingerprint density at radius 1 is 0.600 bits per heavy atom. The van der Waals surface area contributed by atoms with E-state index in [1.165, 1.54) is 55.6 Å². The molecular weight excluding hydrogens is 548 g/mol. The summed E-state index contributed by atoms with van der Waals surface area (Å²) in [5.74, 6) is 0.266. The van der Waals surface area contributed by atoms with Crippen molar-refractivity contribution in [2.45, 2.75) is 110 Å². The number of imidazole rings is 1. The minimum Gasteiger partial charge on any atom is -0.508 e. The number of nitrogens with zero attached hydrogens (tertiary/aromatic N) is 2. The molecule has 1 aromatic heterocycles. The lowest BCUT2D eigenvalue weighted by Crippen LogP contribution is -2.38. The van der Waals surface area contributed by atoms with Crippen LogP contribution in [0.5, 0.6) is 5.75 Å². The number of aromatic hydroxyl groups is 1. The number of hydrogen-bond acceptors (Lipinski definition) is 2. The van der Waals surface area contributed by atoms with Gasteiger partial charge in [0.1, 0.15) is 12.1 Å². The minimum atomic E-state index is -0.596. The number of phenolic OH excluding ortho intramolecular Hbond substituents is 1. The molecule has 1 spiro atoms. The molecule has 0 saturated carbocycles. The molecule has 232 valence electrons. The molecule has 1 aliphatic carbocycles. The number of benzene rings is 4. The van der Waals surface area contributed by atoms with Crippen LogP contribution in [0.2, 0.25) is 0 Å². The quantitative estimate of drug-likeness (QED) is 0.189. The Kier molecular flexibility index (Phi) is 5.90. The van der Waals surface area contributed by atoms with Gasteiger partial charge >= 0.3 is 0 Å². The number of aromatic nitrogens is 2. The molecular formula is C42H48N2O. The van der Waals surface area contributed by atoms with E-state index in [2.05, 4.69) is 136 Å². The maximum absolute atomic E-state index is 10.9. The monoisotopic (exact) mass is 596 g/mol. The van der Waals surface area contributed by atoms with Gasteiger partial charge in [0.2, 0.25) is 0 Å². The lowest BCUT2D eigenvalue weighted by Gasteiger charge is -2.44.